The van der Waals surface area contributed by atoms with Crippen LogP contribution in [0, 0.1) is 5.92 Å². The van der Waals surface area contributed by atoms with Gasteiger partial charge in [0.05, 0.1) is 0 Å². The minimum absolute atomic E-state index is 0.501. The third-order valence-corrected chi connectivity index (χ3v) is 3.26. The van der Waals surface area contributed by atoms with E-state index in [1.54, 1.807) is 0 Å². The molecule has 1 atom stereocenters. The van der Waals surface area contributed by atoms with E-state index in [0.717, 1.165) is 27.8 Å². The van der Waals surface area contributed by atoms with Gasteiger partial charge in [-0.1, -0.05) is 36.2 Å². The second-order valence-corrected chi connectivity index (χ2v) is 4.37. The zero-order chi connectivity index (χ0) is 9.84. The molecule has 0 saturated heterocycles. The highest BCUT2D eigenvalue weighted by atomic mass is 35.5. The van der Waals surface area contributed by atoms with E-state index in [2.05, 4.69) is 19.6 Å². The Morgan fingerprint density at radius 2 is 1.85 bits per heavy atom. The largest absolute Gasteiger partial charge is 0.179 e. The van der Waals surface area contributed by atoms with Gasteiger partial charge in [0.25, 0.3) is 0 Å². The monoisotopic (exact) mass is 234 g/mol. The average molecular weight is 235 g/mol. The van der Waals surface area contributed by atoms with Gasteiger partial charge >= 0.3 is 0 Å². The maximum Gasteiger partial charge on any atom is 0.0452 e. The highest BCUT2D eigenvalue weighted by molar-refractivity contribution is 7.80. The smallest absolute Gasteiger partial charge is 0.0452 e. The standard InChI is InChI=1S/C10H12Cl2S/c1-7(6-13)5-8-9(11)3-2-4-10(8)12/h2-4,7,13H,5-6H2,1H3. The summed E-state index contributed by atoms with van der Waals surface area (Å²) < 4.78 is 0. The lowest BCUT2D eigenvalue weighted by Gasteiger charge is -2.10. The van der Waals surface area contributed by atoms with Gasteiger partial charge in [-0.15, -0.1) is 0 Å². The number of benzene rings is 1. The van der Waals surface area contributed by atoms with Crippen LogP contribution in [-0.4, -0.2) is 5.75 Å². The Balaban J connectivity index is 2.87. The van der Waals surface area contributed by atoms with Crippen LogP contribution in [0.15, 0.2) is 18.2 Å². The first-order valence-electron chi connectivity index (χ1n) is 4.19. The normalized spacial score (nSPS) is 12.9. The zero-order valence-electron chi connectivity index (χ0n) is 7.43. The zero-order valence-corrected chi connectivity index (χ0v) is 9.83. The summed E-state index contributed by atoms with van der Waals surface area (Å²) >= 11 is 16.3. The number of hydrogen-bond donors (Lipinski definition) is 1. The van der Waals surface area contributed by atoms with Crippen molar-refractivity contribution >= 4 is 35.8 Å². The number of rotatable bonds is 3. The molecule has 13 heavy (non-hydrogen) atoms. The number of thiol groups is 1. The Hall–Kier alpha value is 0.150. The van der Waals surface area contributed by atoms with Crippen molar-refractivity contribution in [2.24, 2.45) is 5.92 Å². The highest BCUT2D eigenvalue weighted by Gasteiger charge is 2.08. The molecule has 0 nitrogen and oxygen atoms in total. The first-order chi connectivity index (χ1) is 6.15. The molecule has 0 aliphatic carbocycles. The topological polar surface area (TPSA) is 0 Å². The molecule has 1 unspecified atom stereocenters. The lowest BCUT2D eigenvalue weighted by atomic mass is 10.0. The van der Waals surface area contributed by atoms with Crippen molar-refractivity contribution in [1.29, 1.82) is 0 Å². The van der Waals surface area contributed by atoms with E-state index in [-0.39, 0.29) is 0 Å². The van der Waals surface area contributed by atoms with Crippen molar-refractivity contribution in [1.82, 2.24) is 0 Å². The van der Waals surface area contributed by atoms with Gasteiger partial charge in [-0.2, -0.15) is 12.6 Å². The van der Waals surface area contributed by atoms with E-state index in [9.17, 15) is 0 Å². The van der Waals surface area contributed by atoms with Crippen LogP contribution in [0.1, 0.15) is 12.5 Å². The number of halogens is 2. The Morgan fingerprint density at radius 1 is 1.31 bits per heavy atom. The third kappa shape index (κ3) is 3.08. The Bertz CT molecular complexity index is 266. The molecule has 0 radical (unpaired) electrons. The lowest BCUT2D eigenvalue weighted by Crippen LogP contribution is -2.02. The van der Waals surface area contributed by atoms with Crippen molar-refractivity contribution in [3.8, 4) is 0 Å². The van der Waals surface area contributed by atoms with E-state index in [4.69, 9.17) is 23.2 Å². The molecule has 0 heterocycles. The Kier molecular flexibility index (Phi) is 4.43. The molecule has 0 bridgehead atoms. The molecule has 0 N–H and O–H groups in total. The fourth-order valence-corrected chi connectivity index (χ4v) is 1.82. The predicted octanol–water partition coefficient (Wildman–Crippen LogP) is 4.10. The van der Waals surface area contributed by atoms with Crippen LogP contribution in [-0.2, 0) is 6.42 Å². The van der Waals surface area contributed by atoms with E-state index in [0.29, 0.717) is 5.92 Å². The molecule has 0 fully saturated rings. The van der Waals surface area contributed by atoms with Gasteiger partial charge in [0.2, 0.25) is 0 Å². The third-order valence-electron chi connectivity index (χ3n) is 1.93. The van der Waals surface area contributed by atoms with Gasteiger partial charge in [-0.05, 0) is 35.8 Å². The molecule has 0 aliphatic heterocycles. The highest BCUT2D eigenvalue weighted by Crippen LogP contribution is 2.26. The summed E-state index contributed by atoms with van der Waals surface area (Å²) in [7, 11) is 0. The second kappa shape index (κ2) is 5.14. The van der Waals surface area contributed by atoms with Crippen molar-refractivity contribution in [2.45, 2.75) is 13.3 Å². The van der Waals surface area contributed by atoms with Crippen LogP contribution < -0.4 is 0 Å². The van der Waals surface area contributed by atoms with Gasteiger partial charge in [0.1, 0.15) is 0 Å². The molecule has 1 aromatic rings. The van der Waals surface area contributed by atoms with Gasteiger partial charge in [0, 0.05) is 10.0 Å². The molecule has 0 aromatic heterocycles. The summed E-state index contributed by atoms with van der Waals surface area (Å²) in [6.07, 6.45) is 0.891. The van der Waals surface area contributed by atoms with E-state index in [1.807, 2.05) is 18.2 Å². The fourth-order valence-electron chi connectivity index (χ4n) is 1.14. The van der Waals surface area contributed by atoms with Crippen molar-refractivity contribution in [3.63, 3.8) is 0 Å². The van der Waals surface area contributed by atoms with Crippen molar-refractivity contribution in [3.05, 3.63) is 33.8 Å². The summed E-state index contributed by atoms with van der Waals surface area (Å²) in [5.41, 5.74) is 1.03. The van der Waals surface area contributed by atoms with Crippen molar-refractivity contribution in [2.75, 3.05) is 5.75 Å². The van der Waals surface area contributed by atoms with Crippen LogP contribution in [0.25, 0.3) is 0 Å². The fraction of sp³-hybridized carbons (Fsp3) is 0.400. The molecule has 1 rings (SSSR count). The first kappa shape index (κ1) is 11.2. The molecule has 0 saturated carbocycles. The molecular formula is C10H12Cl2S. The summed E-state index contributed by atoms with van der Waals surface area (Å²) in [5, 5.41) is 1.50. The Morgan fingerprint density at radius 3 is 2.31 bits per heavy atom. The van der Waals surface area contributed by atoms with Crippen LogP contribution in [0.3, 0.4) is 0 Å². The molecule has 1 aromatic carbocycles. The van der Waals surface area contributed by atoms with Gasteiger partial charge < -0.3 is 0 Å². The molecule has 0 aliphatic rings. The van der Waals surface area contributed by atoms with Gasteiger partial charge in [0.15, 0.2) is 0 Å². The predicted molar refractivity (Wildman–Crippen MR) is 63.2 cm³/mol. The molecule has 0 amide bonds. The second-order valence-electron chi connectivity index (χ2n) is 3.19. The van der Waals surface area contributed by atoms with Crippen LogP contribution in [0.2, 0.25) is 10.0 Å². The molecular weight excluding hydrogens is 223 g/mol. The first-order valence-corrected chi connectivity index (χ1v) is 5.57. The summed E-state index contributed by atoms with van der Waals surface area (Å²) in [6.45, 7) is 2.13. The number of hydrogen-bond acceptors (Lipinski definition) is 1. The van der Waals surface area contributed by atoms with E-state index in [1.165, 1.54) is 0 Å². The summed E-state index contributed by atoms with van der Waals surface area (Å²) in [4.78, 5) is 0. The summed E-state index contributed by atoms with van der Waals surface area (Å²) in [5.74, 6) is 1.35. The van der Waals surface area contributed by atoms with Crippen LogP contribution in [0.4, 0.5) is 0 Å². The average Bonchev–Trinajstić information content (AvgIpc) is 2.11. The molecule has 72 valence electrons. The quantitative estimate of drug-likeness (QED) is 0.749. The maximum atomic E-state index is 6.02. The Labute approximate surface area is 94.7 Å². The minimum Gasteiger partial charge on any atom is -0.179 e. The molecule has 0 spiro atoms. The molecule has 3 heteroatoms. The summed E-state index contributed by atoms with van der Waals surface area (Å²) in [6, 6.07) is 5.60. The van der Waals surface area contributed by atoms with E-state index < -0.39 is 0 Å². The van der Waals surface area contributed by atoms with Gasteiger partial charge in [-0.3, -0.25) is 0 Å². The minimum atomic E-state index is 0.501. The lowest BCUT2D eigenvalue weighted by molar-refractivity contribution is 0.661. The van der Waals surface area contributed by atoms with Crippen LogP contribution >= 0.6 is 35.8 Å². The van der Waals surface area contributed by atoms with E-state index >= 15 is 0 Å². The van der Waals surface area contributed by atoms with Crippen molar-refractivity contribution < 1.29 is 0 Å². The SMILES string of the molecule is CC(CS)Cc1c(Cl)cccc1Cl. The van der Waals surface area contributed by atoms with Crippen LogP contribution in [0.5, 0.6) is 0 Å². The van der Waals surface area contributed by atoms with Gasteiger partial charge in [-0.25, -0.2) is 0 Å². The maximum absolute atomic E-state index is 6.02.